The molecule has 1 heterocycles. The maximum atomic E-state index is 12.5. The molecule has 0 saturated carbocycles. The van der Waals surface area contributed by atoms with Gasteiger partial charge in [-0.2, -0.15) is 5.10 Å². The highest BCUT2D eigenvalue weighted by Crippen LogP contribution is 2.20. The number of rotatable bonds is 6. The molecule has 1 amide bonds. The third kappa shape index (κ3) is 4.55. The fraction of sp³-hybridized carbons (Fsp3) is 0.200. The third-order valence-electron chi connectivity index (χ3n) is 4.26. The zero-order chi connectivity index (χ0) is 20.1. The van der Waals surface area contributed by atoms with Crippen molar-refractivity contribution in [3.63, 3.8) is 0 Å². The highest BCUT2D eigenvalue weighted by molar-refractivity contribution is 6.30. The van der Waals surface area contributed by atoms with E-state index in [0.29, 0.717) is 21.4 Å². The number of hydrogen-bond donors (Lipinski definition) is 1. The van der Waals surface area contributed by atoms with Crippen molar-refractivity contribution in [2.45, 2.75) is 19.0 Å². The van der Waals surface area contributed by atoms with Crippen LogP contribution in [0.5, 0.6) is 0 Å². The highest BCUT2D eigenvalue weighted by atomic mass is 35.5. The molecular formula is C20H18ClN3O4. The van der Waals surface area contributed by atoms with E-state index in [1.54, 1.807) is 42.5 Å². The lowest BCUT2D eigenvalue weighted by molar-refractivity contribution is -0.141. The molecule has 0 saturated heterocycles. The van der Waals surface area contributed by atoms with E-state index < -0.39 is 17.9 Å². The van der Waals surface area contributed by atoms with Crippen LogP contribution in [-0.2, 0) is 20.9 Å². The minimum atomic E-state index is -0.617. The lowest BCUT2D eigenvalue weighted by Crippen LogP contribution is -2.36. The summed E-state index contributed by atoms with van der Waals surface area (Å²) in [5, 5.41) is 8.53. The van der Waals surface area contributed by atoms with Gasteiger partial charge in [-0.1, -0.05) is 41.9 Å². The van der Waals surface area contributed by atoms with Gasteiger partial charge in [-0.3, -0.25) is 14.4 Å². The maximum absolute atomic E-state index is 12.5. The standard InChI is InChI=1S/C20H18ClN3O4/c1-28-19(26)10-17(13-6-8-15(21)9-7-13)23-18(25)12-24-20(27)16-5-3-2-4-14(16)11-22-24/h2-9,11,17H,10,12H2,1H3,(H,23,25). The van der Waals surface area contributed by atoms with Crippen molar-refractivity contribution in [1.82, 2.24) is 15.1 Å². The van der Waals surface area contributed by atoms with Crippen LogP contribution in [0, 0.1) is 0 Å². The number of fused-ring (bicyclic) bond motifs is 1. The number of aromatic nitrogens is 2. The van der Waals surface area contributed by atoms with Crippen LogP contribution in [0.4, 0.5) is 0 Å². The fourth-order valence-electron chi connectivity index (χ4n) is 2.81. The van der Waals surface area contributed by atoms with Crippen molar-refractivity contribution in [3.05, 3.63) is 75.7 Å². The highest BCUT2D eigenvalue weighted by Gasteiger charge is 2.20. The summed E-state index contributed by atoms with van der Waals surface area (Å²) in [6, 6.07) is 13.2. The molecule has 3 rings (SSSR count). The van der Waals surface area contributed by atoms with Gasteiger partial charge >= 0.3 is 5.97 Å². The second kappa shape index (κ2) is 8.67. The Balaban J connectivity index is 1.80. The van der Waals surface area contributed by atoms with Crippen molar-refractivity contribution < 1.29 is 14.3 Å². The number of esters is 1. The van der Waals surface area contributed by atoms with E-state index in [0.717, 1.165) is 4.68 Å². The number of carbonyl (C=O) groups is 2. The van der Waals surface area contributed by atoms with Gasteiger partial charge in [-0.15, -0.1) is 0 Å². The molecule has 1 N–H and O–H groups in total. The predicted molar refractivity (Wildman–Crippen MR) is 105 cm³/mol. The molecule has 28 heavy (non-hydrogen) atoms. The normalized spacial score (nSPS) is 11.8. The molecule has 8 heteroatoms. The molecule has 0 bridgehead atoms. The first-order chi connectivity index (χ1) is 13.5. The molecule has 0 radical (unpaired) electrons. The Morgan fingerprint density at radius 2 is 1.89 bits per heavy atom. The molecule has 0 aliphatic heterocycles. The summed E-state index contributed by atoms with van der Waals surface area (Å²) < 4.78 is 5.80. The van der Waals surface area contributed by atoms with E-state index in [1.807, 2.05) is 6.07 Å². The summed E-state index contributed by atoms with van der Waals surface area (Å²) in [5.74, 6) is -0.921. The van der Waals surface area contributed by atoms with Gasteiger partial charge in [-0.25, -0.2) is 4.68 Å². The molecule has 1 unspecified atom stereocenters. The Labute approximate surface area is 165 Å². The minimum Gasteiger partial charge on any atom is -0.469 e. The summed E-state index contributed by atoms with van der Waals surface area (Å²) in [6.07, 6.45) is 1.49. The zero-order valence-electron chi connectivity index (χ0n) is 15.1. The summed E-state index contributed by atoms with van der Waals surface area (Å²) in [6.45, 7) is -0.269. The van der Waals surface area contributed by atoms with Crippen molar-refractivity contribution >= 4 is 34.2 Å². The topological polar surface area (TPSA) is 90.3 Å². The SMILES string of the molecule is COC(=O)CC(NC(=O)Cn1ncc2ccccc2c1=O)c1ccc(Cl)cc1. The van der Waals surface area contributed by atoms with Crippen LogP contribution in [0.1, 0.15) is 18.0 Å². The molecule has 0 aliphatic rings. The summed E-state index contributed by atoms with van der Waals surface area (Å²) in [5.41, 5.74) is 0.339. The van der Waals surface area contributed by atoms with Gasteiger partial charge in [0, 0.05) is 10.4 Å². The van der Waals surface area contributed by atoms with Gasteiger partial charge in [0.2, 0.25) is 5.91 Å². The second-order valence-electron chi connectivity index (χ2n) is 6.15. The number of halogens is 1. The van der Waals surface area contributed by atoms with E-state index in [2.05, 4.69) is 10.4 Å². The number of nitrogens with one attached hydrogen (secondary N) is 1. The predicted octanol–water partition coefficient (Wildman–Crippen LogP) is 2.47. The van der Waals surface area contributed by atoms with Crippen LogP contribution in [0.2, 0.25) is 5.02 Å². The Hall–Kier alpha value is -3.19. The van der Waals surface area contributed by atoms with Crippen molar-refractivity contribution in [2.75, 3.05) is 7.11 Å². The quantitative estimate of drug-likeness (QED) is 0.643. The number of methoxy groups -OCH3 is 1. The van der Waals surface area contributed by atoms with Gasteiger partial charge in [0.15, 0.2) is 0 Å². The monoisotopic (exact) mass is 399 g/mol. The molecule has 0 fully saturated rings. The first-order valence-corrected chi connectivity index (χ1v) is 8.92. The minimum absolute atomic E-state index is 0.0517. The Bertz CT molecular complexity index is 1060. The first kappa shape index (κ1) is 19.6. The number of nitrogens with zero attached hydrogens (tertiary/aromatic N) is 2. The fourth-order valence-corrected chi connectivity index (χ4v) is 2.94. The molecule has 7 nitrogen and oxygen atoms in total. The zero-order valence-corrected chi connectivity index (χ0v) is 15.8. The average Bonchev–Trinajstić information content (AvgIpc) is 2.70. The van der Waals surface area contributed by atoms with Gasteiger partial charge < -0.3 is 10.1 Å². The van der Waals surface area contributed by atoms with Gasteiger partial charge in [0.05, 0.1) is 31.2 Å². The second-order valence-corrected chi connectivity index (χ2v) is 6.58. The first-order valence-electron chi connectivity index (χ1n) is 8.54. The van der Waals surface area contributed by atoms with Gasteiger partial charge in [0.25, 0.3) is 5.56 Å². The molecule has 1 atom stereocenters. The Kier molecular flexibility index (Phi) is 6.06. The van der Waals surface area contributed by atoms with Crippen LogP contribution in [0.3, 0.4) is 0 Å². The number of amides is 1. The summed E-state index contributed by atoms with van der Waals surface area (Å²) in [4.78, 5) is 36.8. The van der Waals surface area contributed by atoms with E-state index in [-0.39, 0.29) is 18.5 Å². The van der Waals surface area contributed by atoms with Crippen LogP contribution in [0.15, 0.2) is 59.5 Å². The van der Waals surface area contributed by atoms with Crippen molar-refractivity contribution in [1.29, 1.82) is 0 Å². The molecular weight excluding hydrogens is 382 g/mol. The Morgan fingerprint density at radius 3 is 2.61 bits per heavy atom. The van der Waals surface area contributed by atoms with Crippen LogP contribution in [-0.4, -0.2) is 28.8 Å². The molecule has 3 aromatic rings. The number of carbonyl (C=O) groups excluding carboxylic acids is 2. The molecule has 0 aliphatic carbocycles. The Morgan fingerprint density at radius 1 is 1.18 bits per heavy atom. The van der Waals surface area contributed by atoms with Crippen LogP contribution in [0.25, 0.3) is 10.8 Å². The van der Waals surface area contributed by atoms with Crippen LogP contribution < -0.4 is 10.9 Å². The maximum Gasteiger partial charge on any atom is 0.307 e. The lowest BCUT2D eigenvalue weighted by Gasteiger charge is -2.18. The van der Waals surface area contributed by atoms with Gasteiger partial charge in [0.1, 0.15) is 6.54 Å². The van der Waals surface area contributed by atoms with Gasteiger partial charge in [-0.05, 0) is 23.8 Å². The van der Waals surface area contributed by atoms with E-state index >= 15 is 0 Å². The largest absolute Gasteiger partial charge is 0.469 e. The molecule has 2 aromatic carbocycles. The number of hydrogen-bond acceptors (Lipinski definition) is 5. The number of benzene rings is 2. The van der Waals surface area contributed by atoms with E-state index in [4.69, 9.17) is 16.3 Å². The van der Waals surface area contributed by atoms with Crippen LogP contribution >= 0.6 is 11.6 Å². The average molecular weight is 400 g/mol. The van der Waals surface area contributed by atoms with Crippen molar-refractivity contribution in [3.8, 4) is 0 Å². The van der Waals surface area contributed by atoms with E-state index in [9.17, 15) is 14.4 Å². The lowest BCUT2D eigenvalue weighted by atomic mass is 10.0. The molecule has 0 spiro atoms. The molecule has 1 aromatic heterocycles. The summed E-state index contributed by atoms with van der Waals surface area (Å²) >= 11 is 5.90. The number of ether oxygens (including phenoxy) is 1. The summed E-state index contributed by atoms with van der Waals surface area (Å²) in [7, 11) is 1.28. The molecule has 144 valence electrons. The van der Waals surface area contributed by atoms with E-state index in [1.165, 1.54) is 13.3 Å². The third-order valence-corrected chi connectivity index (χ3v) is 4.51. The van der Waals surface area contributed by atoms with Crippen molar-refractivity contribution in [2.24, 2.45) is 0 Å². The smallest absolute Gasteiger partial charge is 0.307 e.